The minimum Gasteiger partial charge on any atom is -0.494 e. The van der Waals surface area contributed by atoms with Gasteiger partial charge in [0.05, 0.1) is 13.2 Å². The summed E-state index contributed by atoms with van der Waals surface area (Å²) in [4.78, 5) is 46.1. The van der Waals surface area contributed by atoms with Gasteiger partial charge in [-0.3, -0.25) is 14.4 Å². The number of fused-ring (bicyclic) bond motifs is 5. The Morgan fingerprint density at radius 2 is 2.00 bits per heavy atom. The number of rotatable bonds is 3. The van der Waals surface area contributed by atoms with Gasteiger partial charge in [-0.25, -0.2) is 4.98 Å². The molecule has 41 heavy (non-hydrogen) atoms. The molecule has 1 atom stereocenters. The molecule has 3 aromatic rings. The zero-order chi connectivity index (χ0) is 28.8. The third-order valence-corrected chi connectivity index (χ3v) is 7.33. The zero-order valence-electron chi connectivity index (χ0n) is 23.7. The van der Waals surface area contributed by atoms with Crippen molar-refractivity contribution in [3.63, 3.8) is 0 Å². The molecule has 3 amide bonds. The number of benzene rings is 1. The van der Waals surface area contributed by atoms with E-state index in [1.165, 1.54) is 4.90 Å². The molecule has 2 aromatic heterocycles. The number of aromatic nitrogens is 5. The number of carbonyl (C=O) groups excluding carboxylic acids is 3. The minimum absolute atomic E-state index is 0.175. The predicted octanol–water partition coefficient (Wildman–Crippen LogP) is 2.05. The molecule has 0 unspecified atom stereocenters. The first-order chi connectivity index (χ1) is 19.9. The maximum atomic E-state index is 13.7. The lowest BCUT2D eigenvalue weighted by molar-refractivity contribution is -0.129. The van der Waals surface area contributed by atoms with Crippen molar-refractivity contribution in [2.24, 2.45) is 5.92 Å². The third kappa shape index (κ3) is 6.93. The molecule has 2 aliphatic heterocycles. The van der Waals surface area contributed by atoms with Crippen LogP contribution in [0, 0.1) is 5.92 Å². The number of aryl methyl sites for hydroxylation is 1. The molecule has 0 saturated heterocycles. The molecule has 4 heterocycles. The van der Waals surface area contributed by atoms with Gasteiger partial charge in [0.25, 0.3) is 5.91 Å². The summed E-state index contributed by atoms with van der Waals surface area (Å²) in [5.74, 6) is 1.66. The highest BCUT2D eigenvalue weighted by molar-refractivity contribution is 5.95. The van der Waals surface area contributed by atoms with Gasteiger partial charge in [0.2, 0.25) is 17.6 Å². The fraction of sp³-hybridized carbons (Fsp3) is 0.517. The number of hydrogen-bond acceptors (Lipinski definition) is 7. The van der Waals surface area contributed by atoms with Gasteiger partial charge in [0.1, 0.15) is 23.4 Å². The van der Waals surface area contributed by atoms with E-state index < -0.39 is 11.9 Å². The fourth-order valence-corrected chi connectivity index (χ4v) is 5.32. The molecule has 0 radical (unpaired) electrons. The summed E-state index contributed by atoms with van der Waals surface area (Å²) in [7, 11) is 0. The summed E-state index contributed by atoms with van der Waals surface area (Å²) >= 11 is 0. The van der Waals surface area contributed by atoms with Crippen LogP contribution in [0.15, 0.2) is 36.7 Å². The number of amides is 3. The van der Waals surface area contributed by atoms with Crippen molar-refractivity contribution < 1.29 is 19.1 Å². The van der Waals surface area contributed by atoms with Gasteiger partial charge in [-0.1, -0.05) is 26.0 Å². The molecule has 12 nitrogen and oxygen atoms in total. The average Bonchev–Trinajstić information content (AvgIpc) is 3.61. The summed E-state index contributed by atoms with van der Waals surface area (Å²) in [6.45, 7) is 5.99. The SMILES string of the molecule is CC(C)C[C@H]1NC(=O)CN(C(=O)c2nnc3n2CCCC3)CCCOc2cccc(c2)-c2nccn2CCNC1=O. The third-order valence-electron chi connectivity index (χ3n) is 7.33. The van der Waals surface area contributed by atoms with Crippen molar-refractivity contribution in [3.05, 3.63) is 48.3 Å². The van der Waals surface area contributed by atoms with Crippen LogP contribution in [0.3, 0.4) is 0 Å². The summed E-state index contributed by atoms with van der Waals surface area (Å²) in [6.07, 6.45) is 7.31. The normalized spacial score (nSPS) is 18.8. The van der Waals surface area contributed by atoms with Crippen molar-refractivity contribution in [2.75, 3.05) is 26.2 Å². The molecule has 0 aliphatic carbocycles. The first kappa shape index (κ1) is 28.3. The lowest BCUT2D eigenvalue weighted by atomic mass is 10.0. The highest BCUT2D eigenvalue weighted by Crippen LogP contribution is 2.23. The fourth-order valence-electron chi connectivity index (χ4n) is 5.32. The van der Waals surface area contributed by atoms with Crippen LogP contribution < -0.4 is 15.4 Å². The van der Waals surface area contributed by atoms with Crippen molar-refractivity contribution in [2.45, 2.75) is 65.1 Å². The summed E-state index contributed by atoms with van der Waals surface area (Å²) in [5.41, 5.74) is 0.901. The van der Waals surface area contributed by atoms with Crippen LogP contribution >= 0.6 is 0 Å². The van der Waals surface area contributed by atoms with Crippen LogP contribution in [0.25, 0.3) is 11.4 Å². The van der Waals surface area contributed by atoms with Crippen molar-refractivity contribution in [3.8, 4) is 17.1 Å². The molecule has 2 aliphatic rings. The molecule has 12 heteroatoms. The van der Waals surface area contributed by atoms with Gasteiger partial charge in [-0.05, 0) is 43.7 Å². The monoisotopic (exact) mass is 562 g/mol. The molecule has 0 spiro atoms. The quantitative estimate of drug-likeness (QED) is 0.499. The van der Waals surface area contributed by atoms with Gasteiger partial charge in [-0.2, -0.15) is 0 Å². The lowest BCUT2D eigenvalue weighted by Crippen LogP contribution is -2.51. The number of imidazole rings is 1. The number of ether oxygens (including phenoxy) is 1. The Balaban J connectivity index is 1.39. The van der Waals surface area contributed by atoms with E-state index in [-0.39, 0.29) is 36.6 Å². The standard InChI is InChI=1S/C29H38N8O4/c1-20(2)17-23-28(39)31-11-15-35-14-10-30-26(35)21-7-5-8-22(18-21)41-16-6-12-36(19-25(38)32-23)29(40)27-34-33-24-9-3-4-13-37(24)27/h5,7-8,10,14,18,20,23H,3-4,6,9,11-13,15-17,19H2,1-2H3,(H,31,39)(H,32,38)/t23-/m1/s1. The summed E-state index contributed by atoms with van der Waals surface area (Å²) < 4.78 is 9.86. The largest absolute Gasteiger partial charge is 0.494 e. The van der Waals surface area contributed by atoms with E-state index in [0.717, 1.165) is 36.5 Å². The average molecular weight is 563 g/mol. The molecule has 5 rings (SSSR count). The Bertz CT molecular complexity index is 1380. The Morgan fingerprint density at radius 1 is 1.12 bits per heavy atom. The number of hydrogen-bond donors (Lipinski definition) is 2. The predicted molar refractivity (Wildman–Crippen MR) is 151 cm³/mol. The zero-order valence-corrected chi connectivity index (χ0v) is 23.7. The van der Waals surface area contributed by atoms with Gasteiger partial charge < -0.3 is 29.4 Å². The maximum Gasteiger partial charge on any atom is 0.292 e. The molecule has 2 N–H and O–H groups in total. The Morgan fingerprint density at radius 3 is 2.85 bits per heavy atom. The Hall–Kier alpha value is -4.22. The lowest BCUT2D eigenvalue weighted by Gasteiger charge is -2.25. The van der Waals surface area contributed by atoms with Crippen LogP contribution in [0.1, 0.15) is 56.0 Å². The van der Waals surface area contributed by atoms with E-state index in [1.54, 1.807) is 6.20 Å². The Labute approximate surface area is 239 Å². The maximum absolute atomic E-state index is 13.7. The molecule has 0 fully saturated rings. The van der Waals surface area contributed by atoms with Crippen LogP contribution in [-0.4, -0.2) is 79.2 Å². The molecule has 2 bridgehead atoms. The first-order valence-electron chi connectivity index (χ1n) is 14.4. The van der Waals surface area contributed by atoms with Crippen molar-refractivity contribution in [1.29, 1.82) is 0 Å². The van der Waals surface area contributed by atoms with E-state index in [4.69, 9.17) is 4.74 Å². The highest BCUT2D eigenvalue weighted by Gasteiger charge is 2.28. The van der Waals surface area contributed by atoms with Gasteiger partial charge in [-0.15, -0.1) is 10.2 Å². The molecule has 1 aromatic carbocycles. The smallest absolute Gasteiger partial charge is 0.292 e. The van der Waals surface area contributed by atoms with Crippen molar-refractivity contribution in [1.82, 2.24) is 39.8 Å². The molecule has 0 saturated carbocycles. The van der Waals surface area contributed by atoms with Gasteiger partial charge >= 0.3 is 0 Å². The number of nitrogens with one attached hydrogen (secondary N) is 2. The van der Waals surface area contributed by atoms with Crippen LogP contribution in [-0.2, 0) is 29.1 Å². The van der Waals surface area contributed by atoms with E-state index in [0.29, 0.717) is 44.8 Å². The molecule has 218 valence electrons. The second-order valence-electron chi connectivity index (χ2n) is 11.0. The second kappa shape index (κ2) is 13.0. The topological polar surface area (TPSA) is 136 Å². The van der Waals surface area contributed by atoms with E-state index in [9.17, 15) is 14.4 Å². The first-order valence-corrected chi connectivity index (χ1v) is 14.4. The minimum atomic E-state index is -0.721. The van der Waals surface area contributed by atoms with Crippen LogP contribution in [0.2, 0.25) is 0 Å². The van der Waals surface area contributed by atoms with E-state index in [1.807, 2.05) is 53.4 Å². The summed E-state index contributed by atoms with van der Waals surface area (Å²) in [5, 5.41) is 14.2. The second-order valence-corrected chi connectivity index (χ2v) is 11.0. The van der Waals surface area contributed by atoms with E-state index >= 15 is 0 Å². The molecular weight excluding hydrogens is 524 g/mol. The highest BCUT2D eigenvalue weighted by atomic mass is 16.5. The number of carbonyl (C=O) groups is 3. The Kier molecular flexibility index (Phi) is 8.95. The summed E-state index contributed by atoms with van der Waals surface area (Å²) in [6, 6.07) is 6.97. The van der Waals surface area contributed by atoms with Gasteiger partial charge in [0.15, 0.2) is 0 Å². The van der Waals surface area contributed by atoms with E-state index in [2.05, 4.69) is 25.8 Å². The van der Waals surface area contributed by atoms with Crippen molar-refractivity contribution >= 4 is 17.7 Å². The van der Waals surface area contributed by atoms with Crippen LogP contribution in [0.5, 0.6) is 5.75 Å². The number of nitrogens with zero attached hydrogens (tertiary/aromatic N) is 6. The van der Waals surface area contributed by atoms with Crippen LogP contribution in [0.4, 0.5) is 0 Å². The van der Waals surface area contributed by atoms with Gasteiger partial charge in [0, 0.05) is 50.6 Å². The molecular formula is C29H38N8O4.